The minimum Gasteiger partial charge on any atom is -0.361 e. The van der Waals surface area contributed by atoms with E-state index in [0.29, 0.717) is 23.8 Å². The molecule has 0 saturated carbocycles. The lowest BCUT2D eigenvalue weighted by Crippen LogP contribution is -2.38. The standard InChI is InChI=1S/C18H20N6O4S/c1-11-8-14(22-28-11)18(25)24-10-13(23-29(2,26)27)9-15(24)17-19-16(20-21-17)12-6-4-3-5-7-12/h3-8,13,15,23H,9-10H2,1-2H3,(H,19,20,21)/t13-,15-/m0/s1. The number of aromatic amines is 1. The van der Waals surface area contributed by atoms with E-state index < -0.39 is 22.1 Å². The molecule has 2 N–H and O–H groups in total. The maximum absolute atomic E-state index is 13.0. The quantitative estimate of drug-likeness (QED) is 0.640. The molecule has 0 unspecified atom stereocenters. The zero-order valence-electron chi connectivity index (χ0n) is 15.9. The van der Waals surface area contributed by atoms with Gasteiger partial charge in [0, 0.05) is 24.2 Å². The maximum Gasteiger partial charge on any atom is 0.276 e. The zero-order chi connectivity index (χ0) is 20.6. The van der Waals surface area contributed by atoms with Crippen molar-refractivity contribution in [3.8, 4) is 11.4 Å². The van der Waals surface area contributed by atoms with Gasteiger partial charge in [-0.25, -0.2) is 18.1 Å². The number of hydrogen-bond acceptors (Lipinski definition) is 7. The average Bonchev–Trinajstić information content (AvgIpc) is 3.39. The highest BCUT2D eigenvalue weighted by Gasteiger charge is 2.40. The molecule has 3 heterocycles. The minimum atomic E-state index is -3.43. The van der Waals surface area contributed by atoms with Gasteiger partial charge in [-0.2, -0.15) is 5.10 Å². The van der Waals surface area contributed by atoms with Crippen molar-refractivity contribution >= 4 is 15.9 Å². The number of rotatable bonds is 5. The lowest BCUT2D eigenvalue weighted by atomic mass is 10.1. The van der Waals surface area contributed by atoms with Gasteiger partial charge >= 0.3 is 0 Å². The van der Waals surface area contributed by atoms with E-state index in [1.165, 1.54) is 4.90 Å². The zero-order valence-corrected chi connectivity index (χ0v) is 16.7. The van der Waals surface area contributed by atoms with Crippen LogP contribution in [0, 0.1) is 6.92 Å². The number of nitrogens with zero attached hydrogens (tertiary/aromatic N) is 4. The number of aromatic nitrogens is 4. The molecule has 1 amide bonds. The van der Waals surface area contributed by atoms with Gasteiger partial charge in [0.2, 0.25) is 10.0 Å². The Bertz CT molecular complexity index is 1120. The van der Waals surface area contributed by atoms with Crippen LogP contribution >= 0.6 is 0 Å². The van der Waals surface area contributed by atoms with Crippen LogP contribution in [0.2, 0.25) is 0 Å². The molecule has 4 rings (SSSR count). The molecule has 1 aliphatic rings. The number of carbonyl (C=O) groups excluding carboxylic acids is 1. The summed E-state index contributed by atoms with van der Waals surface area (Å²) in [4.78, 5) is 19.1. The van der Waals surface area contributed by atoms with Crippen LogP contribution in [0.25, 0.3) is 11.4 Å². The van der Waals surface area contributed by atoms with Gasteiger partial charge in [0.15, 0.2) is 11.5 Å². The Hall–Kier alpha value is -3.05. The lowest BCUT2D eigenvalue weighted by molar-refractivity contribution is 0.0717. The fourth-order valence-electron chi connectivity index (χ4n) is 3.46. The summed E-state index contributed by atoms with van der Waals surface area (Å²) < 4.78 is 31.0. The van der Waals surface area contributed by atoms with E-state index in [2.05, 4.69) is 25.1 Å². The largest absolute Gasteiger partial charge is 0.361 e. The Morgan fingerprint density at radius 1 is 1.31 bits per heavy atom. The predicted octanol–water partition coefficient (Wildman–Crippen LogP) is 1.27. The number of H-pyrrole nitrogens is 1. The molecule has 0 radical (unpaired) electrons. The first-order valence-corrected chi connectivity index (χ1v) is 10.9. The summed E-state index contributed by atoms with van der Waals surface area (Å²) in [5.74, 6) is 1.14. The topological polar surface area (TPSA) is 134 Å². The molecule has 1 saturated heterocycles. The van der Waals surface area contributed by atoms with Crippen molar-refractivity contribution in [1.29, 1.82) is 0 Å². The second kappa shape index (κ2) is 7.41. The second-order valence-corrected chi connectivity index (χ2v) is 8.81. The van der Waals surface area contributed by atoms with E-state index in [0.717, 1.165) is 11.8 Å². The van der Waals surface area contributed by atoms with Gasteiger partial charge in [-0.05, 0) is 13.3 Å². The molecule has 0 aliphatic carbocycles. The summed E-state index contributed by atoms with van der Waals surface area (Å²) in [6.07, 6.45) is 1.45. The summed E-state index contributed by atoms with van der Waals surface area (Å²) in [5, 5.41) is 10.9. The van der Waals surface area contributed by atoms with Gasteiger partial charge in [-0.1, -0.05) is 35.5 Å². The van der Waals surface area contributed by atoms with E-state index in [9.17, 15) is 13.2 Å². The molecule has 2 aromatic heterocycles. The highest BCUT2D eigenvalue weighted by molar-refractivity contribution is 7.88. The Kier molecular flexibility index (Phi) is 4.92. The van der Waals surface area contributed by atoms with Gasteiger partial charge in [-0.3, -0.25) is 9.89 Å². The number of amides is 1. The number of hydrogen-bond donors (Lipinski definition) is 2. The fourth-order valence-corrected chi connectivity index (χ4v) is 4.24. The Labute approximate surface area is 167 Å². The van der Waals surface area contributed by atoms with Crippen molar-refractivity contribution in [2.24, 2.45) is 0 Å². The molecule has 11 heteroatoms. The van der Waals surface area contributed by atoms with Gasteiger partial charge in [0.25, 0.3) is 5.91 Å². The van der Waals surface area contributed by atoms with Gasteiger partial charge in [0.1, 0.15) is 11.6 Å². The molecule has 0 bridgehead atoms. The van der Waals surface area contributed by atoms with Gasteiger partial charge in [-0.15, -0.1) is 0 Å². The first-order chi connectivity index (χ1) is 13.8. The smallest absolute Gasteiger partial charge is 0.276 e. The molecular formula is C18H20N6O4S. The molecule has 152 valence electrons. The van der Waals surface area contributed by atoms with Crippen LogP contribution in [0.15, 0.2) is 40.9 Å². The summed E-state index contributed by atoms with van der Waals surface area (Å²) in [6.45, 7) is 1.88. The number of benzene rings is 1. The number of likely N-dealkylation sites (tertiary alicyclic amines) is 1. The molecule has 10 nitrogen and oxygen atoms in total. The third-order valence-corrected chi connectivity index (χ3v) is 5.40. The van der Waals surface area contributed by atoms with Gasteiger partial charge in [0.05, 0.1) is 12.3 Å². The Morgan fingerprint density at radius 3 is 2.72 bits per heavy atom. The number of nitrogens with one attached hydrogen (secondary N) is 2. The molecule has 29 heavy (non-hydrogen) atoms. The fraction of sp³-hybridized carbons (Fsp3) is 0.333. The first kappa shape index (κ1) is 19.3. The number of sulfonamides is 1. The summed E-state index contributed by atoms with van der Waals surface area (Å²) in [5.41, 5.74) is 0.999. The van der Waals surface area contributed by atoms with Crippen molar-refractivity contribution in [3.05, 3.63) is 53.7 Å². The summed E-state index contributed by atoms with van der Waals surface area (Å²) in [6, 6.07) is 10.1. The van der Waals surface area contributed by atoms with Crippen LogP contribution in [-0.2, 0) is 10.0 Å². The maximum atomic E-state index is 13.0. The molecule has 2 atom stereocenters. The van der Waals surface area contributed by atoms with Crippen LogP contribution in [-0.4, -0.2) is 58.4 Å². The SMILES string of the molecule is Cc1cc(C(=O)N2C[C@@H](NS(C)(=O)=O)C[C@H]2c2nc(-c3ccccc3)n[nH]2)no1. The van der Waals surface area contributed by atoms with Crippen LogP contribution in [0.1, 0.15) is 34.5 Å². The van der Waals surface area contributed by atoms with Crippen LogP contribution in [0.3, 0.4) is 0 Å². The van der Waals surface area contributed by atoms with E-state index in [1.807, 2.05) is 30.3 Å². The van der Waals surface area contributed by atoms with Crippen LogP contribution < -0.4 is 4.72 Å². The highest BCUT2D eigenvalue weighted by atomic mass is 32.2. The van der Waals surface area contributed by atoms with E-state index >= 15 is 0 Å². The lowest BCUT2D eigenvalue weighted by Gasteiger charge is -2.21. The Balaban J connectivity index is 1.64. The van der Waals surface area contributed by atoms with Crippen LogP contribution in [0.4, 0.5) is 0 Å². The number of carbonyl (C=O) groups is 1. The van der Waals surface area contributed by atoms with E-state index in [4.69, 9.17) is 4.52 Å². The molecule has 1 aromatic carbocycles. The average molecular weight is 416 g/mol. The third kappa shape index (κ3) is 4.20. The first-order valence-electron chi connectivity index (χ1n) is 8.99. The number of aryl methyl sites for hydroxylation is 1. The minimum absolute atomic E-state index is 0.162. The van der Waals surface area contributed by atoms with Crippen molar-refractivity contribution in [2.75, 3.05) is 12.8 Å². The second-order valence-electron chi connectivity index (χ2n) is 7.03. The normalized spacial score (nSPS) is 19.6. The van der Waals surface area contributed by atoms with E-state index in [-0.39, 0.29) is 18.1 Å². The van der Waals surface area contributed by atoms with Crippen molar-refractivity contribution in [1.82, 2.24) is 30.0 Å². The monoisotopic (exact) mass is 416 g/mol. The van der Waals surface area contributed by atoms with Crippen molar-refractivity contribution < 1.29 is 17.7 Å². The van der Waals surface area contributed by atoms with Crippen LogP contribution in [0.5, 0.6) is 0 Å². The molecular weight excluding hydrogens is 396 g/mol. The van der Waals surface area contributed by atoms with Crippen molar-refractivity contribution in [2.45, 2.75) is 25.4 Å². The predicted molar refractivity (Wildman–Crippen MR) is 103 cm³/mol. The summed E-state index contributed by atoms with van der Waals surface area (Å²) >= 11 is 0. The van der Waals surface area contributed by atoms with E-state index in [1.54, 1.807) is 13.0 Å². The summed E-state index contributed by atoms with van der Waals surface area (Å²) in [7, 11) is -3.43. The third-order valence-electron chi connectivity index (χ3n) is 4.64. The van der Waals surface area contributed by atoms with Crippen molar-refractivity contribution in [3.63, 3.8) is 0 Å². The molecule has 0 spiro atoms. The molecule has 1 fully saturated rings. The molecule has 3 aromatic rings. The highest BCUT2D eigenvalue weighted by Crippen LogP contribution is 2.32. The van der Waals surface area contributed by atoms with Gasteiger partial charge < -0.3 is 9.42 Å². The molecule has 1 aliphatic heterocycles. The Morgan fingerprint density at radius 2 is 2.07 bits per heavy atom.